The molecule has 0 saturated heterocycles. The van der Waals surface area contributed by atoms with E-state index in [4.69, 9.17) is 18.0 Å². The number of hydrogen-bond acceptors (Lipinski definition) is 4. The fourth-order valence-corrected chi connectivity index (χ4v) is 4.49. The van der Waals surface area contributed by atoms with Crippen LogP contribution in [0.25, 0.3) is 0 Å². The first-order chi connectivity index (χ1) is 8.43. The summed E-state index contributed by atoms with van der Waals surface area (Å²) in [5.74, 6) is 0. The Labute approximate surface area is 118 Å². The van der Waals surface area contributed by atoms with Gasteiger partial charge in [0, 0.05) is 13.1 Å². The molecule has 0 fully saturated rings. The van der Waals surface area contributed by atoms with Crippen molar-refractivity contribution in [2.75, 3.05) is 13.1 Å². The summed E-state index contributed by atoms with van der Waals surface area (Å²) in [7, 11) is -3.40. The van der Waals surface area contributed by atoms with E-state index in [1.54, 1.807) is 12.1 Å². The lowest BCUT2D eigenvalue weighted by Crippen LogP contribution is -2.31. The van der Waals surface area contributed by atoms with Crippen LogP contribution in [-0.2, 0) is 10.0 Å². The van der Waals surface area contributed by atoms with Crippen molar-refractivity contribution in [2.45, 2.75) is 30.9 Å². The van der Waals surface area contributed by atoms with Gasteiger partial charge < -0.3 is 5.73 Å². The summed E-state index contributed by atoms with van der Waals surface area (Å²) >= 11 is 5.97. The third kappa shape index (κ3) is 3.50. The second kappa shape index (κ2) is 6.60. The lowest BCUT2D eigenvalue weighted by Gasteiger charge is -2.18. The van der Waals surface area contributed by atoms with E-state index >= 15 is 0 Å². The van der Waals surface area contributed by atoms with Crippen LogP contribution in [0.15, 0.2) is 16.3 Å². The molecule has 0 aliphatic rings. The van der Waals surface area contributed by atoms with Crippen LogP contribution in [-0.4, -0.2) is 30.8 Å². The number of thiophene rings is 1. The predicted molar refractivity (Wildman–Crippen MR) is 79.5 cm³/mol. The highest BCUT2D eigenvalue weighted by molar-refractivity contribution is 7.91. The Bertz CT molecular complexity index is 508. The van der Waals surface area contributed by atoms with E-state index in [2.05, 4.69) is 0 Å². The largest absolute Gasteiger partial charge is 0.389 e. The maximum Gasteiger partial charge on any atom is 0.252 e. The predicted octanol–water partition coefficient (Wildman–Crippen LogP) is 2.19. The average molecular weight is 306 g/mol. The monoisotopic (exact) mass is 306 g/mol. The summed E-state index contributed by atoms with van der Waals surface area (Å²) in [6.07, 6.45) is 1.83. The smallest absolute Gasteiger partial charge is 0.252 e. The Morgan fingerprint density at radius 1 is 1.44 bits per heavy atom. The molecule has 0 bridgehead atoms. The molecular formula is C11H18N2O2S3. The average Bonchev–Trinajstić information content (AvgIpc) is 2.79. The Kier molecular flexibility index (Phi) is 5.71. The molecule has 0 amide bonds. The van der Waals surface area contributed by atoms with Gasteiger partial charge in [0.25, 0.3) is 10.0 Å². The van der Waals surface area contributed by atoms with Crippen LogP contribution >= 0.6 is 23.6 Å². The van der Waals surface area contributed by atoms with Crippen molar-refractivity contribution in [2.24, 2.45) is 5.73 Å². The first-order valence-electron chi connectivity index (χ1n) is 5.83. The van der Waals surface area contributed by atoms with Crippen molar-refractivity contribution in [1.29, 1.82) is 0 Å². The molecule has 1 aromatic rings. The van der Waals surface area contributed by atoms with Gasteiger partial charge in [0.1, 0.15) is 9.20 Å². The van der Waals surface area contributed by atoms with Crippen LogP contribution in [0, 0.1) is 0 Å². The minimum absolute atomic E-state index is 0.234. The highest BCUT2D eigenvalue weighted by Crippen LogP contribution is 2.25. The SMILES string of the molecule is CCCCN(CC)S(=O)(=O)c1ccc(C(N)=S)s1. The van der Waals surface area contributed by atoms with Crippen LogP contribution < -0.4 is 5.73 Å². The minimum Gasteiger partial charge on any atom is -0.389 e. The van der Waals surface area contributed by atoms with Crippen molar-refractivity contribution >= 4 is 38.6 Å². The van der Waals surface area contributed by atoms with Gasteiger partial charge >= 0.3 is 0 Å². The molecule has 102 valence electrons. The van der Waals surface area contributed by atoms with Gasteiger partial charge in [0.05, 0.1) is 4.88 Å². The van der Waals surface area contributed by atoms with E-state index in [-0.39, 0.29) is 4.99 Å². The van der Waals surface area contributed by atoms with Crippen molar-refractivity contribution < 1.29 is 8.42 Å². The highest BCUT2D eigenvalue weighted by atomic mass is 32.2. The van der Waals surface area contributed by atoms with E-state index in [0.717, 1.165) is 24.2 Å². The maximum atomic E-state index is 12.4. The Morgan fingerprint density at radius 2 is 2.11 bits per heavy atom. The number of thiocarbonyl (C=S) groups is 1. The molecule has 1 aromatic heterocycles. The van der Waals surface area contributed by atoms with Gasteiger partial charge in [-0.2, -0.15) is 4.31 Å². The molecule has 1 heterocycles. The molecule has 7 heteroatoms. The number of rotatable bonds is 7. The molecule has 2 N–H and O–H groups in total. The zero-order valence-corrected chi connectivity index (χ0v) is 13.0. The van der Waals surface area contributed by atoms with Crippen LogP contribution in [0.1, 0.15) is 31.6 Å². The van der Waals surface area contributed by atoms with Gasteiger partial charge in [0.2, 0.25) is 0 Å². The van der Waals surface area contributed by atoms with E-state index in [0.29, 0.717) is 22.2 Å². The summed E-state index contributed by atoms with van der Waals surface area (Å²) in [6, 6.07) is 3.23. The quantitative estimate of drug-likeness (QED) is 0.784. The van der Waals surface area contributed by atoms with Crippen LogP contribution in [0.5, 0.6) is 0 Å². The summed E-state index contributed by atoms with van der Waals surface area (Å²) in [6.45, 7) is 4.91. The molecule has 0 aliphatic heterocycles. The Morgan fingerprint density at radius 3 is 2.56 bits per heavy atom. The molecule has 0 aliphatic carbocycles. The second-order valence-corrected chi connectivity index (χ2v) is 7.52. The number of nitrogens with zero attached hydrogens (tertiary/aromatic N) is 1. The first kappa shape index (κ1) is 15.6. The van der Waals surface area contributed by atoms with Crippen LogP contribution in [0.2, 0.25) is 0 Å². The molecule has 1 rings (SSSR count). The first-order valence-corrected chi connectivity index (χ1v) is 8.49. The normalized spacial score (nSPS) is 11.9. The maximum absolute atomic E-state index is 12.4. The number of nitrogens with two attached hydrogens (primary N) is 1. The van der Waals surface area contributed by atoms with Gasteiger partial charge in [-0.25, -0.2) is 8.42 Å². The van der Waals surface area contributed by atoms with Gasteiger partial charge in [0.15, 0.2) is 0 Å². The fourth-order valence-electron chi connectivity index (χ4n) is 1.50. The lowest BCUT2D eigenvalue weighted by molar-refractivity contribution is 0.420. The molecule has 0 saturated carbocycles. The molecular weight excluding hydrogens is 288 g/mol. The molecule has 0 spiro atoms. The lowest BCUT2D eigenvalue weighted by atomic mass is 10.3. The van der Waals surface area contributed by atoms with Crippen molar-refractivity contribution in [3.05, 3.63) is 17.0 Å². The Hall–Kier alpha value is -0.500. The number of hydrogen-bond donors (Lipinski definition) is 1. The Balaban J connectivity index is 2.99. The van der Waals surface area contributed by atoms with Crippen molar-refractivity contribution in [3.8, 4) is 0 Å². The highest BCUT2D eigenvalue weighted by Gasteiger charge is 2.24. The fraction of sp³-hybridized carbons (Fsp3) is 0.545. The van der Waals surface area contributed by atoms with E-state index in [1.807, 2.05) is 13.8 Å². The van der Waals surface area contributed by atoms with E-state index in [1.165, 1.54) is 4.31 Å². The van der Waals surface area contributed by atoms with E-state index in [9.17, 15) is 8.42 Å². The van der Waals surface area contributed by atoms with Gasteiger partial charge in [-0.05, 0) is 18.6 Å². The summed E-state index contributed by atoms with van der Waals surface area (Å²) in [5, 5.41) is 0. The third-order valence-electron chi connectivity index (χ3n) is 2.53. The van der Waals surface area contributed by atoms with E-state index < -0.39 is 10.0 Å². The zero-order valence-electron chi connectivity index (χ0n) is 10.5. The molecule has 0 radical (unpaired) electrons. The molecule has 18 heavy (non-hydrogen) atoms. The molecule has 4 nitrogen and oxygen atoms in total. The molecule has 0 aromatic carbocycles. The zero-order chi connectivity index (χ0) is 13.8. The van der Waals surface area contributed by atoms with Gasteiger partial charge in [-0.3, -0.25) is 0 Å². The molecule has 0 unspecified atom stereocenters. The summed E-state index contributed by atoms with van der Waals surface area (Å²) in [5.41, 5.74) is 5.49. The standard InChI is InChI=1S/C11H18N2O2S3/c1-3-5-8-13(4-2)18(14,15)10-7-6-9(17-10)11(12)16/h6-7H,3-5,8H2,1-2H3,(H2,12,16). The molecule has 0 atom stereocenters. The number of unbranched alkanes of at least 4 members (excludes halogenated alkanes) is 1. The van der Waals surface area contributed by atoms with Gasteiger partial charge in [-0.1, -0.05) is 32.5 Å². The summed E-state index contributed by atoms with van der Waals surface area (Å²) < 4.78 is 26.5. The number of sulfonamides is 1. The third-order valence-corrected chi connectivity index (χ3v) is 6.44. The van der Waals surface area contributed by atoms with Crippen LogP contribution in [0.3, 0.4) is 0 Å². The van der Waals surface area contributed by atoms with Crippen molar-refractivity contribution in [3.63, 3.8) is 0 Å². The topological polar surface area (TPSA) is 63.4 Å². The summed E-state index contributed by atoms with van der Waals surface area (Å²) in [4.78, 5) is 0.869. The van der Waals surface area contributed by atoms with Gasteiger partial charge in [-0.15, -0.1) is 11.3 Å². The minimum atomic E-state index is -3.40. The van der Waals surface area contributed by atoms with Crippen LogP contribution in [0.4, 0.5) is 0 Å². The second-order valence-electron chi connectivity index (χ2n) is 3.83. The van der Waals surface area contributed by atoms with Crippen molar-refractivity contribution in [1.82, 2.24) is 4.31 Å².